The lowest BCUT2D eigenvalue weighted by Crippen LogP contribution is -2.32. The van der Waals surface area contributed by atoms with Crippen LogP contribution in [0.15, 0.2) is 47.4 Å². The van der Waals surface area contributed by atoms with E-state index in [1.54, 1.807) is 18.2 Å². The minimum atomic E-state index is -0.506. The number of methoxy groups -OCH3 is 1. The Hall–Kier alpha value is -2.80. The van der Waals surface area contributed by atoms with E-state index in [1.165, 1.54) is 18.9 Å². The molecule has 2 N–H and O–H groups in total. The fraction of sp³-hybridized carbons (Fsp3) is 0.211. The normalized spacial score (nSPS) is 15.6. The third-order valence-corrected chi connectivity index (χ3v) is 5.29. The van der Waals surface area contributed by atoms with Crippen LogP contribution in [0.3, 0.4) is 0 Å². The number of ether oxygens (including phenoxy) is 1. The molecular weight excluding hydrogens is 352 g/mol. The number of aryl methyl sites for hydroxylation is 1. The lowest BCUT2D eigenvalue weighted by molar-refractivity contribution is -0.120. The van der Waals surface area contributed by atoms with Gasteiger partial charge >= 0.3 is 5.97 Å². The molecule has 1 aliphatic rings. The van der Waals surface area contributed by atoms with Crippen molar-refractivity contribution in [2.24, 2.45) is 0 Å². The summed E-state index contributed by atoms with van der Waals surface area (Å²) in [6, 6.07) is 12.4. The molecule has 0 aliphatic carbocycles. The number of carbonyl (C=O) groups excluding carboxylic acids is 3. The summed E-state index contributed by atoms with van der Waals surface area (Å²) in [4.78, 5) is 37.2. The summed E-state index contributed by atoms with van der Waals surface area (Å²) in [7, 11) is 1.30. The molecule has 0 bridgehead atoms. The fourth-order valence-corrected chi connectivity index (χ4v) is 3.71. The van der Waals surface area contributed by atoms with E-state index < -0.39 is 11.2 Å². The van der Waals surface area contributed by atoms with Gasteiger partial charge in [0, 0.05) is 17.0 Å². The van der Waals surface area contributed by atoms with Gasteiger partial charge in [0.15, 0.2) is 0 Å². The van der Waals surface area contributed by atoms with Gasteiger partial charge in [-0.05, 0) is 36.8 Å². The number of hydrogen-bond donors (Lipinski definition) is 2. The molecule has 134 valence electrons. The summed E-state index contributed by atoms with van der Waals surface area (Å²) in [5.41, 5.74) is 2.46. The molecule has 7 heteroatoms. The Morgan fingerprint density at radius 3 is 2.77 bits per heavy atom. The Bertz CT molecular complexity index is 882. The molecule has 0 saturated heterocycles. The molecule has 26 heavy (non-hydrogen) atoms. The Balaban J connectivity index is 1.70. The van der Waals surface area contributed by atoms with Gasteiger partial charge in [-0.2, -0.15) is 0 Å². The third-order valence-electron chi connectivity index (χ3n) is 4.01. The number of carbonyl (C=O) groups is 3. The third kappa shape index (κ3) is 3.88. The van der Waals surface area contributed by atoms with Crippen LogP contribution in [-0.2, 0) is 14.3 Å². The van der Waals surface area contributed by atoms with Gasteiger partial charge in [0.1, 0.15) is 0 Å². The smallest absolute Gasteiger partial charge is 0.337 e. The molecule has 0 spiro atoms. The zero-order chi connectivity index (χ0) is 18.7. The first-order valence-corrected chi connectivity index (χ1v) is 8.91. The average Bonchev–Trinajstić information content (AvgIpc) is 2.63. The number of anilines is 2. The van der Waals surface area contributed by atoms with E-state index in [-0.39, 0.29) is 18.2 Å². The summed E-state index contributed by atoms with van der Waals surface area (Å²) >= 11 is 1.37. The molecule has 0 fully saturated rings. The Labute approximate surface area is 155 Å². The molecule has 6 nitrogen and oxygen atoms in total. The number of para-hydroxylation sites is 1. The van der Waals surface area contributed by atoms with Crippen LogP contribution in [0.1, 0.15) is 22.3 Å². The Kier molecular flexibility index (Phi) is 5.27. The second-order valence-electron chi connectivity index (χ2n) is 5.87. The summed E-state index contributed by atoms with van der Waals surface area (Å²) in [5.74, 6) is -0.953. The number of amides is 2. The average molecular weight is 370 g/mol. The topological polar surface area (TPSA) is 84.5 Å². The van der Waals surface area contributed by atoms with Gasteiger partial charge in [-0.15, -0.1) is 11.8 Å². The summed E-state index contributed by atoms with van der Waals surface area (Å²) in [6.07, 6.45) is 0.0345. The highest BCUT2D eigenvalue weighted by Gasteiger charge is 2.29. The van der Waals surface area contributed by atoms with E-state index in [1.807, 2.05) is 31.2 Å². The zero-order valence-electron chi connectivity index (χ0n) is 14.4. The first-order chi connectivity index (χ1) is 12.5. The standard InChI is InChI=1S/C19H18N2O4S/c1-11-7-8-12(19(24)25-2)9-14(11)20-17(22)10-16-18(23)21-13-5-3-4-6-15(13)26-16/h3-9,16H,10H2,1-2H3,(H,20,22)(H,21,23)/t16-/m0/s1. The minimum Gasteiger partial charge on any atom is -0.465 e. The van der Waals surface area contributed by atoms with Gasteiger partial charge in [0.25, 0.3) is 0 Å². The maximum Gasteiger partial charge on any atom is 0.337 e. The van der Waals surface area contributed by atoms with Crippen LogP contribution in [-0.4, -0.2) is 30.1 Å². The minimum absolute atomic E-state index is 0.0345. The highest BCUT2D eigenvalue weighted by atomic mass is 32.2. The molecule has 0 aromatic heterocycles. The van der Waals surface area contributed by atoms with Crippen LogP contribution in [0.25, 0.3) is 0 Å². The van der Waals surface area contributed by atoms with Crippen molar-refractivity contribution in [1.29, 1.82) is 0 Å². The second-order valence-corrected chi connectivity index (χ2v) is 7.11. The van der Waals surface area contributed by atoms with Gasteiger partial charge in [-0.25, -0.2) is 4.79 Å². The van der Waals surface area contributed by atoms with Crippen molar-refractivity contribution < 1.29 is 19.1 Å². The quantitative estimate of drug-likeness (QED) is 0.807. The van der Waals surface area contributed by atoms with Gasteiger partial charge in [-0.3, -0.25) is 9.59 Å². The Morgan fingerprint density at radius 1 is 1.23 bits per heavy atom. The highest BCUT2D eigenvalue weighted by molar-refractivity contribution is 8.01. The predicted molar refractivity (Wildman–Crippen MR) is 100 cm³/mol. The summed E-state index contributed by atoms with van der Waals surface area (Å²) < 4.78 is 4.70. The van der Waals surface area contributed by atoms with Crippen molar-refractivity contribution in [1.82, 2.24) is 0 Å². The molecule has 0 unspecified atom stereocenters. The van der Waals surface area contributed by atoms with E-state index in [4.69, 9.17) is 4.74 Å². The van der Waals surface area contributed by atoms with E-state index >= 15 is 0 Å². The number of rotatable bonds is 4. The molecule has 0 saturated carbocycles. The van der Waals surface area contributed by atoms with Crippen LogP contribution in [0.5, 0.6) is 0 Å². The largest absolute Gasteiger partial charge is 0.465 e. The molecule has 2 aromatic carbocycles. The van der Waals surface area contributed by atoms with Crippen molar-refractivity contribution in [3.8, 4) is 0 Å². The molecule has 1 aliphatic heterocycles. The Morgan fingerprint density at radius 2 is 2.00 bits per heavy atom. The molecule has 2 aromatic rings. The maximum atomic E-state index is 12.4. The van der Waals surface area contributed by atoms with Crippen molar-refractivity contribution in [2.75, 3.05) is 17.7 Å². The molecule has 0 radical (unpaired) electrons. The second kappa shape index (κ2) is 7.61. The van der Waals surface area contributed by atoms with Crippen LogP contribution in [0.2, 0.25) is 0 Å². The van der Waals surface area contributed by atoms with Crippen molar-refractivity contribution >= 4 is 40.9 Å². The fourth-order valence-electron chi connectivity index (χ4n) is 2.60. The SMILES string of the molecule is COC(=O)c1ccc(C)c(NC(=O)C[C@@H]2Sc3ccccc3NC2=O)c1. The van der Waals surface area contributed by atoms with Crippen LogP contribution >= 0.6 is 11.8 Å². The number of nitrogens with one attached hydrogen (secondary N) is 2. The number of fused-ring (bicyclic) bond motifs is 1. The molecule has 1 atom stereocenters. The maximum absolute atomic E-state index is 12.4. The van der Waals surface area contributed by atoms with Crippen molar-refractivity contribution in [3.05, 3.63) is 53.6 Å². The zero-order valence-corrected chi connectivity index (χ0v) is 15.2. The van der Waals surface area contributed by atoms with Crippen LogP contribution in [0, 0.1) is 6.92 Å². The molecule has 2 amide bonds. The number of benzene rings is 2. The molecule has 3 rings (SSSR count). The van der Waals surface area contributed by atoms with Crippen LogP contribution < -0.4 is 10.6 Å². The summed E-state index contributed by atoms with van der Waals surface area (Å²) in [6.45, 7) is 1.83. The number of thioether (sulfide) groups is 1. The van der Waals surface area contributed by atoms with Crippen molar-refractivity contribution in [2.45, 2.75) is 23.5 Å². The summed E-state index contributed by atoms with van der Waals surface area (Å²) in [5, 5.41) is 5.10. The highest BCUT2D eigenvalue weighted by Crippen LogP contribution is 2.36. The lowest BCUT2D eigenvalue weighted by atomic mass is 10.1. The van der Waals surface area contributed by atoms with E-state index in [2.05, 4.69) is 10.6 Å². The van der Waals surface area contributed by atoms with Gasteiger partial charge in [0.05, 0.1) is 23.6 Å². The van der Waals surface area contributed by atoms with Crippen LogP contribution in [0.4, 0.5) is 11.4 Å². The van der Waals surface area contributed by atoms with Gasteiger partial charge in [-0.1, -0.05) is 18.2 Å². The molecule has 1 heterocycles. The molecular formula is C19H18N2O4S. The van der Waals surface area contributed by atoms with E-state index in [9.17, 15) is 14.4 Å². The van der Waals surface area contributed by atoms with Gasteiger partial charge in [0.2, 0.25) is 11.8 Å². The lowest BCUT2D eigenvalue weighted by Gasteiger charge is -2.23. The van der Waals surface area contributed by atoms with Gasteiger partial charge < -0.3 is 15.4 Å². The van der Waals surface area contributed by atoms with Crippen molar-refractivity contribution in [3.63, 3.8) is 0 Å². The first-order valence-electron chi connectivity index (χ1n) is 8.03. The van der Waals surface area contributed by atoms with E-state index in [0.29, 0.717) is 11.3 Å². The predicted octanol–water partition coefficient (Wildman–Crippen LogP) is 3.22. The van der Waals surface area contributed by atoms with E-state index in [0.717, 1.165) is 16.1 Å². The monoisotopic (exact) mass is 370 g/mol. The first kappa shape index (κ1) is 18.0. The number of hydrogen-bond acceptors (Lipinski definition) is 5. The number of esters is 1.